The summed E-state index contributed by atoms with van der Waals surface area (Å²) in [4.78, 5) is 11.3. The Bertz CT molecular complexity index is 317. The van der Waals surface area contributed by atoms with Gasteiger partial charge in [0.15, 0.2) is 0 Å². The molecule has 23 heavy (non-hydrogen) atoms. The number of nitrogens with one attached hydrogen (secondary N) is 1. The summed E-state index contributed by atoms with van der Waals surface area (Å²) in [6.45, 7) is 12.0. The molecule has 5 heteroatoms. The van der Waals surface area contributed by atoms with Crippen LogP contribution in [0.3, 0.4) is 0 Å². The Labute approximate surface area is 151 Å². The van der Waals surface area contributed by atoms with Gasteiger partial charge in [0.2, 0.25) is 0 Å². The standard InChI is InChI=1S/C11H21BrO2.C7H16N2/c1-5-6-7-8-9(12)10(13)14-11(2,3)4;1-7(8)4-2-3-5-9-6-7/h9H,5-8H2,1-4H3;9H,2-6,8H2,1H3/t9-;/m0./s1. The molecule has 0 radical (unpaired) electrons. The van der Waals surface area contributed by atoms with Crippen LogP contribution in [0.15, 0.2) is 0 Å². The maximum atomic E-state index is 11.5. The van der Waals surface area contributed by atoms with Crippen molar-refractivity contribution in [2.45, 2.75) is 95.5 Å². The molecule has 1 heterocycles. The first-order chi connectivity index (χ1) is 10.6. The van der Waals surface area contributed by atoms with Gasteiger partial charge in [-0.2, -0.15) is 0 Å². The number of nitrogens with two attached hydrogens (primary N) is 1. The van der Waals surface area contributed by atoms with Crippen LogP contribution in [0.25, 0.3) is 0 Å². The van der Waals surface area contributed by atoms with Crippen molar-refractivity contribution in [1.82, 2.24) is 5.32 Å². The Hall–Kier alpha value is -0.130. The molecule has 0 aromatic carbocycles. The van der Waals surface area contributed by atoms with Crippen molar-refractivity contribution in [2.75, 3.05) is 13.1 Å². The highest BCUT2D eigenvalue weighted by molar-refractivity contribution is 9.10. The third-order valence-electron chi connectivity index (χ3n) is 3.60. The molecule has 0 spiro atoms. The minimum absolute atomic E-state index is 0.0521. The third kappa shape index (κ3) is 14.0. The summed E-state index contributed by atoms with van der Waals surface area (Å²) >= 11 is 3.35. The molecule has 1 unspecified atom stereocenters. The molecule has 0 amide bonds. The monoisotopic (exact) mass is 392 g/mol. The second kappa shape index (κ2) is 11.4. The van der Waals surface area contributed by atoms with Gasteiger partial charge in [-0.3, -0.25) is 4.79 Å². The van der Waals surface area contributed by atoms with Gasteiger partial charge in [-0.25, -0.2) is 0 Å². The van der Waals surface area contributed by atoms with E-state index in [1.807, 2.05) is 20.8 Å². The zero-order valence-corrected chi connectivity index (χ0v) is 17.3. The van der Waals surface area contributed by atoms with E-state index in [1.54, 1.807) is 0 Å². The van der Waals surface area contributed by atoms with Crippen LogP contribution in [-0.4, -0.2) is 35.0 Å². The highest BCUT2D eigenvalue weighted by Gasteiger charge is 2.22. The van der Waals surface area contributed by atoms with Gasteiger partial charge in [-0.15, -0.1) is 0 Å². The second-order valence-electron chi connectivity index (χ2n) is 7.78. The minimum Gasteiger partial charge on any atom is -0.459 e. The third-order valence-corrected chi connectivity index (χ3v) is 4.44. The molecule has 1 fully saturated rings. The highest BCUT2D eigenvalue weighted by Crippen LogP contribution is 2.17. The average molecular weight is 393 g/mol. The van der Waals surface area contributed by atoms with Crippen LogP contribution in [0.4, 0.5) is 0 Å². The van der Waals surface area contributed by atoms with E-state index in [0.29, 0.717) is 0 Å². The average Bonchev–Trinajstić information content (AvgIpc) is 2.61. The molecular weight excluding hydrogens is 356 g/mol. The molecule has 1 rings (SSSR count). The van der Waals surface area contributed by atoms with Gasteiger partial charge in [-0.05, 0) is 53.5 Å². The van der Waals surface area contributed by atoms with E-state index >= 15 is 0 Å². The molecule has 0 bridgehead atoms. The van der Waals surface area contributed by atoms with E-state index in [4.69, 9.17) is 10.5 Å². The van der Waals surface area contributed by atoms with Crippen molar-refractivity contribution in [3.63, 3.8) is 0 Å². The fraction of sp³-hybridized carbons (Fsp3) is 0.944. The molecule has 1 aliphatic heterocycles. The first kappa shape index (κ1) is 22.9. The maximum absolute atomic E-state index is 11.5. The molecular formula is C18H37BrN2O2. The van der Waals surface area contributed by atoms with E-state index in [9.17, 15) is 4.79 Å². The molecule has 1 saturated heterocycles. The van der Waals surface area contributed by atoms with Gasteiger partial charge in [0, 0.05) is 12.1 Å². The van der Waals surface area contributed by atoms with E-state index < -0.39 is 0 Å². The van der Waals surface area contributed by atoms with Crippen molar-refractivity contribution in [3.8, 4) is 0 Å². The summed E-state index contributed by atoms with van der Waals surface area (Å²) < 4.78 is 5.24. The van der Waals surface area contributed by atoms with Crippen molar-refractivity contribution in [3.05, 3.63) is 0 Å². The molecule has 0 saturated carbocycles. The molecule has 0 aromatic heterocycles. The molecule has 0 aliphatic carbocycles. The lowest BCUT2D eigenvalue weighted by Crippen LogP contribution is -2.44. The van der Waals surface area contributed by atoms with Crippen LogP contribution in [-0.2, 0) is 9.53 Å². The largest absolute Gasteiger partial charge is 0.459 e. The van der Waals surface area contributed by atoms with Gasteiger partial charge in [0.05, 0.1) is 0 Å². The summed E-state index contributed by atoms with van der Waals surface area (Å²) in [6.07, 6.45) is 8.01. The van der Waals surface area contributed by atoms with E-state index in [0.717, 1.165) is 25.9 Å². The molecule has 4 nitrogen and oxygen atoms in total. The number of carbonyl (C=O) groups is 1. The van der Waals surface area contributed by atoms with Gasteiger partial charge in [-0.1, -0.05) is 48.5 Å². The Morgan fingerprint density at radius 1 is 1.35 bits per heavy atom. The first-order valence-corrected chi connectivity index (χ1v) is 9.85. The fourth-order valence-corrected chi connectivity index (χ4v) is 2.72. The minimum atomic E-state index is -0.381. The molecule has 2 atom stereocenters. The van der Waals surface area contributed by atoms with Crippen LogP contribution in [0.2, 0.25) is 0 Å². The number of halogens is 1. The number of carbonyl (C=O) groups excluding carboxylic acids is 1. The normalized spacial score (nSPS) is 23.3. The lowest BCUT2D eigenvalue weighted by molar-refractivity contribution is -0.154. The number of ether oxygens (including phenoxy) is 1. The maximum Gasteiger partial charge on any atom is 0.320 e. The number of esters is 1. The lowest BCUT2D eigenvalue weighted by Gasteiger charge is -2.21. The van der Waals surface area contributed by atoms with Crippen molar-refractivity contribution in [1.29, 1.82) is 0 Å². The quantitative estimate of drug-likeness (QED) is 0.418. The summed E-state index contributed by atoms with van der Waals surface area (Å²) in [5, 5.41) is 3.31. The Kier molecular flexibility index (Phi) is 11.4. The Morgan fingerprint density at radius 3 is 2.57 bits per heavy atom. The summed E-state index contributed by atoms with van der Waals surface area (Å²) in [7, 11) is 0. The van der Waals surface area contributed by atoms with Gasteiger partial charge in [0.1, 0.15) is 10.4 Å². The number of rotatable bonds is 5. The molecule has 138 valence electrons. The van der Waals surface area contributed by atoms with Crippen molar-refractivity contribution < 1.29 is 9.53 Å². The SMILES string of the molecule is CC1(N)CCCCNC1.CCCCC[C@H](Br)C(=O)OC(C)(C)C. The topological polar surface area (TPSA) is 64.3 Å². The van der Waals surface area contributed by atoms with Crippen LogP contribution >= 0.6 is 15.9 Å². The van der Waals surface area contributed by atoms with Gasteiger partial charge in [0.25, 0.3) is 0 Å². The number of alkyl halides is 1. The Balaban J connectivity index is 0.000000459. The van der Waals surface area contributed by atoms with Crippen molar-refractivity contribution in [2.24, 2.45) is 5.73 Å². The van der Waals surface area contributed by atoms with E-state index in [-0.39, 0.29) is 21.9 Å². The lowest BCUT2D eigenvalue weighted by atomic mass is 9.98. The molecule has 3 N–H and O–H groups in total. The smallest absolute Gasteiger partial charge is 0.320 e. The Morgan fingerprint density at radius 2 is 2.00 bits per heavy atom. The van der Waals surface area contributed by atoms with Crippen LogP contribution in [0, 0.1) is 0 Å². The predicted octanol–water partition coefficient (Wildman–Crippen LogP) is 4.15. The van der Waals surface area contributed by atoms with Crippen LogP contribution < -0.4 is 11.1 Å². The zero-order chi connectivity index (χ0) is 17.9. The number of hydrogen-bond donors (Lipinski definition) is 2. The van der Waals surface area contributed by atoms with Crippen LogP contribution in [0.1, 0.15) is 79.6 Å². The summed E-state index contributed by atoms with van der Waals surface area (Å²) in [5.41, 5.74) is 5.59. The highest BCUT2D eigenvalue weighted by atomic mass is 79.9. The number of unbranched alkanes of at least 4 members (excludes halogenated alkanes) is 2. The zero-order valence-electron chi connectivity index (χ0n) is 15.7. The van der Waals surface area contributed by atoms with E-state index in [1.165, 1.54) is 32.1 Å². The first-order valence-electron chi connectivity index (χ1n) is 8.94. The van der Waals surface area contributed by atoms with Crippen molar-refractivity contribution >= 4 is 21.9 Å². The van der Waals surface area contributed by atoms with Gasteiger partial charge >= 0.3 is 5.97 Å². The van der Waals surface area contributed by atoms with E-state index in [2.05, 4.69) is 35.1 Å². The fourth-order valence-electron chi connectivity index (χ4n) is 2.30. The predicted molar refractivity (Wildman–Crippen MR) is 102 cm³/mol. The van der Waals surface area contributed by atoms with Crippen LogP contribution in [0.5, 0.6) is 0 Å². The molecule has 0 aromatic rings. The summed E-state index contributed by atoms with van der Waals surface area (Å²) in [5.74, 6) is -0.145. The second-order valence-corrected chi connectivity index (χ2v) is 8.89. The number of hydrogen-bond acceptors (Lipinski definition) is 4. The van der Waals surface area contributed by atoms with Gasteiger partial charge < -0.3 is 15.8 Å². The molecule has 1 aliphatic rings. The summed E-state index contributed by atoms with van der Waals surface area (Å²) in [6, 6.07) is 0.